The number of carbonyl (C=O) groups is 1. The molecule has 1 rings (SSSR count). The fourth-order valence-corrected chi connectivity index (χ4v) is 1.87. The Hall–Kier alpha value is -0.990. The van der Waals surface area contributed by atoms with Crippen LogP contribution in [0.25, 0.3) is 0 Å². The van der Waals surface area contributed by atoms with E-state index in [9.17, 15) is 17.6 Å². The molecule has 0 bridgehead atoms. The van der Waals surface area contributed by atoms with E-state index in [4.69, 9.17) is 0 Å². The highest BCUT2D eigenvalue weighted by molar-refractivity contribution is 9.10. The molecule has 1 aromatic carbocycles. The Labute approximate surface area is 113 Å². The van der Waals surface area contributed by atoms with Gasteiger partial charge in [0.25, 0.3) is 5.91 Å². The van der Waals surface area contributed by atoms with Crippen molar-refractivity contribution in [3.63, 3.8) is 0 Å². The molecule has 0 heterocycles. The van der Waals surface area contributed by atoms with Gasteiger partial charge in [0.1, 0.15) is 5.82 Å². The predicted octanol–water partition coefficient (Wildman–Crippen LogP) is 0.867. The van der Waals surface area contributed by atoms with Crippen LogP contribution in [0.3, 0.4) is 0 Å². The Morgan fingerprint density at radius 3 is 2.61 bits per heavy atom. The topological polar surface area (TPSA) is 75.3 Å². The SMILES string of the molecule is CS(=O)(=O)NCCNC(=O)c1ccc(Br)c(F)c1. The molecule has 0 saturated carbocycles. The minimum Gasteiger partial charge on any atom is -0.351 e. The van der Waals surface area contributed by atoms with Crippen molar-refractivity contribution in [3.05, 3.63) is 34.1 Å². The lowest BCUT2D eigenvalue weighted by molar-refractivity contribution is 0.0954. The van der Waals surface area contributed by atoms with Crippen LogP contribution in [0.5, 0.6) is 0 Å². The number of hydrogen-bond donors (Lipinski definition) is 2. The van der Waals surface area contributed by atoms with Crippen molar-refractivity contribution in [3.8, 4) is 0 Å². The molecule has 2 N–H and O–H groups in total. The monoisotopic (exact) mass is 338 g/mol. The van der Waals surface area contributed by atoms with E-state index < -0.39 is 21.7 Å². The first-order valence-corrected chi connectivity index (χ1v) is 7.66. The molecule has 5 nitrogen and oxygen atoms in total. The Balaban J connectivity index is 2.48. The van der Waals surface area contributed by atoms with E-state index in [0.29, 0.717) is 0 Å². The smallest absolute Gasteiger partial charge is 0.251 e. The van der Waals surface area contributed by atoms with Gasteiger partial charge in [-0.3, -0.25) is 4.79 Å². The van der Waals surface area contributed by atoms with E-state index in [-0.39, 0.29) is 23.1 Å². The Morgan fingerprint density at radius 2 is 2.06 bits per heavy atom. The summed E-state index contributed by atoms with van der Waals surface area (Å²) >= 11 is 2.98. The molecule has 0 aliphatic carbocycles. The summed E-state index contributed by atoms with van der Waals surface area (Å²) in [6.45, 7) is 0.215. The van der Waals surface area contributed by atoms with Gasteiger partial charge >= 0.3 is 0 Å². The van der Waals surface area contributed by atoms with Crippen molar-refractivity contribution in [1.82, 2.24) is 10.0 Å². The van der Waals surface area contributed by atoms with E-state index >= 15 is 0 Å². The summed E-state index contributed by atoms with van der Waals surface area (Å²) in [6, 6.07) is 3.99. The van der Waals surface area contributed by atoms with Crippen molar-refractivity contribution >= 4 is 31.9 Å². The zero-order valence-corrected chi connectivity index (χ0v) is 11.9. The number of benzene rings is 1. The summed E-state index contributed by atoms with van der Waals surface area (Å²) in [6.07, 6.45) is 1.03. The van der Waals surface area contributed by atoms with Gasteiger partial charge in [0, 0.05) is 18.7 Å². The van der Waals surface area contributed by atoms with E-state index in [2.05, 4.69) is 26.0 Å². The minimum atomic E-state index is -3.27. The van der Waals surface area contributed by atoms with Crippen LogP contribution >= 0.6 is 15.9 Å². The Kier molecular flexibility index (Phi) is 5.24. The number of halogens is 2. The largest absolute Gasteiger partial charge is 0.351 e. The first-order valence-electron chi connectivity index (χ1n) is 4.97. The molecule has 0 unspecified atom stereocenters. The number of rotatable bonds is 5. The second-order valence-corrected chi connectivity index (χ2v) is 6.24. The molecule has 0 radical (unpaired) electrons. The van der Waals surface area contributed by atoms with Gasteiger partial charge in [-0.15, -0.1) is 0 Å². The molecule has 8 heteroatoms. The molecule has 0 fully saturated rings. The number of amides is 1. The molecule has 1 amide bonds. The molecule has 0 aliphatic heterocycles. The number of nitrogens with one attached hydrogen (secondary N) is 2. The summed E-state index contributed by atoms with van der Waals surface area (Å²) in [5.74, 6) is -0.992. The van der Waals surface area contributed by atoms with Crippen LogP contribution in [-0.4, -0.2) is 33.7 Å². The van der Waals surface area contributed by atoms with Gasteiger partial charge in [-0.05, 0) is 34.1 Å². The van der Waals surface area contributed by atoms with E-state index in [0.717, 1.165) is 12.3 Å². The molecule has 0 aliphatic rings. The summed E-state index contributed by atoms with van der Waals surface area (Å²) < 4.78 is 37.2. The average molecular weight is 339 g/mol. The molecule has 0 saturated heterocycles. The quantitative estimate of drug-likeness (QED) is 0.782. The van der Waals surface area contributed by atoms with E-state index in [1.165, 1.54) is 12.1 Å². The van der Waals surface area contributed by atoms with E-state index in [1.54, 1.807) is 0 Å². The highest BCUT2D eigenvalue weighted by atomic mass is 79.9. The summed E-state index contributed by atoms with van der Waals surface area (Å²) in [7, 11) is -3.27. The molecular weight excluding hydrogens is 327 g/mol. The predicted molar refractivity (Wildman–Crippen MR) is 69.3 cm³/mol. The second kappa shape index (κ2) is 6.26. The van der Waals surface area contributed by atoms with Crippen LogP contribution in [0, 0.1) is 5.82 Å². The van der Waals surface area contributed by atoms with Crippen molar-refractivity contribution < 1.29 is 17.6 Å². The highest BCUT2D eigenvalue weighted by Crippen LogP contribution is 2.16. The zero-order chi connectivity index (χ0) is 13.8. The van der Waals surface area contributed by atoms with Gasteiger partial charge in [0.05, 0.1) is 10.7 Å². The molecule has 100 valence electrons. The minimum absolute atomic E-state index is 0.0869. The maximum atomic E-state index is 13.2. The third-order valence-corrected chi connectivity index (χ3v) is 3.33. The standard InChI is InChI=1S/C10H12BrFN2O3S/c1-18(16,17)14-5-4-13-10(15)7-2-3-8(11)9(12)6-7/h2-3,6,14H,4-5H2,1H3,(H,13,15). The lowest BCUT2D eigenvalue weighted by atomic mass is 10.2. The molecule has 1 aromatic rings. The van der Waals surface area contributed by atoms with Crippen LogP contribution in [0.1, 0.15) is 10.4 Å². The Morgan fingerprint density at radius 1 is 1.39 bits per heavy atom. The zero-order valence-electron chi connectivity index (χ0n) is 9.54. The lowest BCUT2D eigenvalue weighted by Crippen LogP contribution is -2.34. The van der Waals surface area contributed by atoms with Crippen LogP contribution < -0.4 is 10.0 Å². The van der Waals surface area contributed by atoms with Gasteiger partial charge in [-0.25, -0.2) is 17.5 Å². The summed E-state index contributed by atoms with van der Waals surface area (Å²) in [4.78, 5) is 11.6. The van der Waals surface area contributed by atoms with Crippen LogP contribution in [0.4, 0.5) is 4.39 Å². The van der Waals surface area contributed by atoms with Gasteiger partial charge in [0.15, 0.2) is 0 Å². The highest BCUT2D eigenvalue weighted by Gasteiger charge is 2.08. The molecule has 0 spiro atoms. The molecule has 0 aromatic heterocycles. The first-order chi connectivity index (χ1) is 8.29. The number of sulfonamides is 1. The molecule has 0 atom stereocenters. The fraction of sp³-hybridized carbons (Fsp3) is 0.300. The Bertz CT molecular complexity index is 548. The average Bonchev–Trinajstić information content (AvgIpc) is 2.26. The van der Waals surface area contributed by atoms with E-state index in [1.807, 2.05) is 0 Å². The van der Waals surface area contributed by atoms with Crippen LogP contribution in [0.15, 0.2) is 22.7 Å². The van der Waals surface area contributed by atoms with Crippen molar-refractivity contribution in [2.45, 2.75) is 0 Å². The van der Waals surface area contributed by atoms with Crippen molar-refractivity contribution in [2.24, 2.45) is 0 Å². The normalized spacial score (nSPS) is 11.3. The van der Waals surface area contributed by atoms with Crippen molar-refractivity contribution in [2.75, 3.05) is 19.3 Å². The van der Waals surface area contributed by atoms with Gasteiger partial charge in [-0.1, -0.05) is 0 Å². The summed E-state index contributed by atoms with van der Waals surface area (Å²) in [5.41, 5.74) is 0.176. The van der Waals surface area contributed by atoms with Crippen LogP contribution in [0.2, 0.25) is 0 Å². The number of hydrogen-bond acceptors (Lipinski definition) is 3. The third-order valence-electron chi connectivity index (χ3n) is 1.96. The van der Waals surface area contributed by atoms with Gasteiger partial charge < -0.3 is 5.32 Å². The molecular formula is C10H12BrFN2O3S. The second-order valence-electron chi connectivity index (χ2n) is 3.55. The number of carbonyl (C=O) groups excluding carboxylic acids is 1. The van der Waals surface area contributed by atoms with Crippen LogP contribution in [-0.2, 0) is 10.0 Å². The summed E-state index contributed by atoms with van der Waals surface area (Å²) in [5, 5.41) is 2.47. The molecule has 18 heavy (non-hydrogen) atoms. The van der Waals surface area contributed by atoms with Crippen molar-refractivity contribution in [1.29, 1.82) is 0 Å². The maximum Gasteiger partial charge on any atom is 0.251 e. The lowest BCUT2D eigenvalue weighted by Gasteiger charge is -2.06. The first kappa shape index (κ1) is 15.1. The maximum absolute atomic E-state index is 13.2. The van der Waals surface area contributed by atoms with Gasteiger partial charge in [-0.2, -0.15) is 0 Å². The fourth-order valence-electron chi connectivity index (χ4n) is 1.15. The van der Waals surface area contributed by atoms with Gasteiger partial charge in [0.2, 0.25) is 10.0 Å². The third kappa shape index (κ3) is 5.11.